The number of carboxylic acids is 1. The average molecular weight is 444 g/mol. The average Bonchev–Trinajstić information content (AvgIpc) is 3.03. The van der Waals surface area contributed by atoms with Gasteiger partial charge in [-0.3, -0.25) is 4.79 Å². The molecule has 0 radical (unpaired) electrons. The SMILES string of the molecule is O=C(O)C1CC(c2c(C3CCOCC3)n(-c3ccc(F)c(Cl)c3)c3ccc(O)cc23)C1. The van der Waals surface area contributed by atoms with Crippen LogP contribution in [0.2, 0.25) is 5.02 Å². The highest BCUT2D eigenvalue weighted by molar-refractivity contribution is 6.30. The summed E-state index contributed by atoms with van der Waals surface area (Å²) < 4.78 is 21.6. The molecule has 31 heavy (non-hydrogen) atoms. The summed E-state index contributed by atoms with van der Waals surface area (Å²) in [5, 5.41) is 20.6. The van der Waals surface area contributed by atoms with Crippen molar-refractivity contribution in [3.63, 3.8) is 0 Å². The van der Waals surface area contributed by atoms with Crippen molar-refractivity contribution >= 4 is 28.5 Å². The van der Waals surface area contributed by atoms with E-state index >= 15 is 0 Å². The number of phenolic OH excluding ortho intramolecular Hbond substituents is 1. The molecule has 0 spiro atoms. The first-order valence-electron chi connectivity index (χ1n) is 10.6. The first-order valence-corrected chi connectivity index (χ1v) is 10.9. The number of hydrogen-bond acceptors (Lipinski definition) is 3. The van der Waals surface area contributed by atoms with Gasteiger partial charge in [0.1, 0.15) is 11.6 Å². The maximum absolute atomic E-state index is 13.9. The van der Waals surface area contributed by atoms with E-state index < -0.39 is 11.8 Å². The zero-order valence-corrected chi connectivity index (χ0v) is 17.6. The Kier molecular flexibility index (Phi) is 5.15. The van der Waals surface area contributed by atoms with E-state index in [2.05, 4.69) is 4.57 Å². The number of carbonyl (C=O) groups is 1. The zero-order valence-electron chi connectivity index (χ0n) is 16.9. The lowest BCUT2D eigenvalue weighted by Crippen LogP contribution is -2.30. The number of halogens is 2. The monoisotopic (exact) mass is 443 g/mol. The predicted octanol–water partition coefficient (Wildman–Crippen LogP) is 5.60. The van der Waals surface area contributed by atoms with Crippen LogP contribution in [0.4, 0.5) is 4.39 Å². The number of phenols is 1. The highest BCUT2D eigenvalue weighted by Gasteiger charge is 2.40. The topological polar surface area (TPSA) is 71.7 Å². The fourth-order valence-electron chi connectivity index (χ4n) is 5.08. The van der Waals surface area contributed by atoms with Crippen molar-refractivity contribution in [2.24, 2.45) is 5.92 Å². The number of fused-ring (bicyclic) bond motifs is 1. The molecule has 2 N–H and O–H groups in total. The lowest BCUT2D eigenvalue weighted by Gasteiger charge is -2.35. The molecule has 5 rings (SSSR count). The zero-order chi connectivity index (χ0) is 21.7. The normalized spacial score (nSPS) is 21.9. The van der Waals surface area contributed by atoms with Crippen molar-refractivity contribution in [2.75, 3.05) is 13.2 Å². The minimum absolute atomic E-state index is 0.0483. The number of carboxylic acid groups (broad SMARTS) is 1. The van der Waals surface area contributed by atoms with Crippen molar-refractivity contribution < 1.29 is 24.1 Å². The minimum Gasteiger partial charge on any atom is -0.508 e. The van der Waals surface area contributed by atoms with Crippen LogP contribution in [0.1, 0.15) is 48.8 Å². The van der Waals surface area contributed by atoms with E-state index in [1.165, 1.54) is 6.07 Å². The van der Waals surface area contributed by atoms with E-state index in [9.17, 15) is 19.4 Å². The molecule has 7 heteroatoms. The Balaban J connectivity index is 1.76. The van der Waals surface area contributed by atoms with Gasteiger partial charge in [-0.2, -0.15) is 0 Å². The second-order valence-electron chi connectivity index (χ2n) is 8.52. The van der Waals surface area contributed by atoms with Gasteiger partial charge in [0, 0.05) is 35.9 Å². The van der Waals surface area contributed by atoms with E-state index in [4.69, 9.17) is 16.3 Å². The fourth-order valence-corrected chi connectivity index (χ4v) is 5.26. The number of aliphatic carboxylic acids is 1. The molecule has 1 aromatic heterocycles. The summed E-state index contributed by atoms with van der Waals surface area (Å²) in [5.41, 5.74) is 3.84. The van der Waals surface area contributed by atoms with Gasteiger partial charge in [0.05, 0.1) is 16.5 Å². The van der Waals surface area contributed by atoms with Crippen LogP contribution < -0.4 is 0 Å². The molecule has 2 aliphatic rings. The highest BCUT2D eigenvalue weighted by Crippen LogP contribution is 2.50. The number of benzene rings is 2. The maximum Gasteiger partial charge on any atom is 0.306 e. The molecule has 2 aromatic carbocycles. The van der Waals surface area contributed by atoms with Gasteiger partial charge in [0.2, 0.25) is 0 Å². The van der Waals surface area contributed by atoms with Crippen molar-refractivity contribution in [1.82, 2.24) is 4.57 Å². The molecule has 2 heterocycles. The second kappa shape index (κ2) is 7.84. The number of nitrogens with zero attached hydrogens (tertiary/aromatic N) is 1. The Morgan fingerprint density at radius 3 is 2.52 bits per heavy atom. The van der Waals surface area contributed by atoms with Crippen LogP contribution >= 0.6 is 11.6 Å². The smallest absolute Gasteiger partial charge is 0.306 e. The summed E-state index contributed by atoms with van der Waals surface area (Å²) in [7, 11) is 0. The summed E-state index contributed by atoms with van der Waals surface area (Å²) in [6.07, 6.45) is 2.84. The van der Waals surface area contributed by atoms with Gasteiger partial charge in [-0.1, -0.05) is 11.6 Å². The van der Waals surface area contributed by atoms with Gasteiger partial charge >= 0.3 is 5.97 Å². The van der Waals surface area contributed by atoms with E-state index in [0.717, 1.165) is 40.7 Å². The largest absolute Gasteiger partial charge is 0.508 e. The molecular formula is C24H23ClFNO4. The third kappa shape index (κ3) is 3.48. The number of ether oxygens (including phenoxy) is 1. The van der Waals surface area contributed by atoms with Crippen molar-refractivity contribution in [3.05, 3.63) is 58.5 Å². The molecular weight excluding hydrogens is 421 g/mol. The molecule has 1 aliphatic carbocycles. The number of aromatic nitrogens is 1. The quantitative estimate of drug-likeness (QED) is 0.550. The Hall–Kier alpha value is -2.57. The van der Waals surface area contributed by atoms with Crippen LogP contribution in [-0.4, -0.2) is 34.0 Å². The van der Waals surface area contributed by atoms with E-state index in [1.54, 1.807) is 24.3 Å². The summed E-state index contributed by atoms with van der Waals surface area (Å²) in [6.45, 7) is 1.31. The molecule has 0 amide bonds. The molecule has 0 bridgehead atoms. The Morgan fingerprint density at radius 2 is 1.84 bits per heavy atom. The second-order valence-corrected chi connectivity index (χ2v) is 8.93. The van der Waals surface area contributed by atoms with Crippen LogP contribution in [0.15, 0.2) is 36.4 Å². The molecule has 1 saturated carbocycles. The third-order valence-electron chi connectivity index (χ3n) is 6.69. The van der Waals surface area contributed by atoms with Crippen LogP contribution in [0.3, 0.4) is 0 Å². The van der Waals surface area contributed by atoms with Gasteiger partial charge in [0.25, 0.3) is 0 Å². The Morgan fingerprint density at radius 1 is 1.10 bits per heavy atom. The third-order valence-corrected chi connectivity index (χ3v) is 6.98. The standard InChI is InChI=1S/C24H23ClFNO4/c25-19-11-16(1-3-20(19)26)27-21-4-2-17(28)12-18(21)22(14-9-15(10-14)24(29)30)23(27)13-5-7-31-8-6-13/h1-4,11-15,28H,5-10H2,(H,29,30). The molecule has 0 atom stereocenters. The minimum atomic E-state index is -0.763. The number of hydrogen-bond donors (Lipinski definition) is 2. The molecule has 2 fully saturated rings. The van der Waals surface area contributed by atoms with Crippen LogP contribution in [0.25, 0.3) is 16.6 Å². The van der Waals surface area contributed by atoms with E-state index in [-0.39, 0.29) is 28.5 Å². The molecule has 1 aliphatic heterocycles. The Bertz CT molecular complexity index is 1160. The molecule has 162 valence electrons. The summed E-state index contributed by atoms with van der Waals surface area (Å²) >= 11 is 6.13. The lowest BCUT2D eigenvalue weighted by molar-refractivity contribution is -0.145. The molecule has 0 unspecified atom stereocenters. The molecule has 3 aromatic rings. The van der Waals surface area contributed by atoms with E-state index in [0.29, 0.717) is 26.1 Å². The van der Waals surface area contributed by atoms with Gasteiger partial charge in [-0.05, 0) is 73.6 Å². The van der Waals surface area contributed by atoms with Gasteiger partial charge in [-0.25, -0.2) is 4.39 Å². The van der Waals surface area contributed by atoms with Gasteiger partial charge in [0.15, 0.2) is 0 Å². The van der Waals surface area contributed by atoms with Crippen molar-refractivity contribution in [3.8, 4) is 11.4 Å². The van der Waals surface area contributed by atoms with Crippen molar-refractivity contribution in [2.45, 2.75) is 37.5 Å². The molecule has 5 nitrogen and oxygen atoms in total. The van der Waals surface area contributed by atoms with Gasteiger partial charge < -0.3 is 19.5 Å². The van der Waals surface area contributed by atoms with Crippen molar-refractivity contribution in [1.29, 1.82) is 0 Å². The number of aromatic hydroxyl groups is 1. The van der Waals surface area contributed by atoms with E-state index in [1.807, 2.05) is 6.07 Å². The maximum atomic E-state index is 13.9. The molecule has 1 saturated heterocycles. The van der Waals surface area contributed by atoms with Gasteiger partial charge in [-0.15, -0.1) is 0 Å². The summed E-state index contributed by atoms with van der Waals surface area (Å²) in [4.78, 5) is 11.4. The summed E-state index contributed by atoms with van der Waals surface area (Å²) in [5.74, 6) is -1.11. The first-order chi connectivity index (χ1) is 14.9. The highest BCUT2D eigenvalue weighted by atomic mass is 35.5. The Labute approximate surface area is 184 Å². The van der Waals surface area contributed by atoms with Crippen LogP contribution in [0.5, 0.6) is 5.75 Å². The predicted molar refractivity (Wildman–Crippen MR) is 116 cm³/mol. The fraction of sp³-hybridized carbons (Fsp3) is 0.375. The lowest BCUT2D eigenvalue weighted by atomic mass is 9.69. The first kappa shape index (κ1) is 20.3. The summed E-state index contributed by atoms with van der Waals surface area (Å²) in [6, 6.07) is 9.95. The number of rotatable bonds is 4. The van der Waals surface area contributed by atoms with Crippen LogP contribution in [0, 0.1) is 11.7 Å². The van der Waals surface area contributed by atoms with Crippen LogP contribution in [-0.2, 0) is 9.53 Å².